The van der Waals surface area contributed by atoms with Crippen LogP contribution in [0, 0.1) is 5.82 Å². The van der Waals surface area contributed by atoms with Gasteiger partial charge in [0, 0.05) is 43.6 Å². The molecular weight excluding hydrogens is 465 g/mol. The number of aromatic nitrogens is 3. The number of hydrogen-bond donors (Lipinski definition) is 1. The second-order valence-electron chi connectivity index (χ2n) is 8.13. The van der Waals surface area contributed by atoms with Crippen LogP contribution in [0.15, 0.2) is 84.0 Å². The molecule has 0 spiro atoms. The van der Waals surface area contributed by atoms with Crippen molar-refractivity contribution in [3.8, 4) is 22.8 Å². The molecule has 1 fully saturated rings. The van der Waals surface area contributed by atoms with Crippen molar-refractivity contribution in [1.29, 1.82) is 0 Å². The van der Waals surface area contributed by atoms with Crippen LogP contribution in [-0.2, 0) is 4.79 Å². The molecule has 0 unspecified atom stereocenters. The zero-order valence-corrected chi connectivity index (χ0v) is 19.7. The second kappa shape index (κ2) is 10.2. The molecule has 3 aromatic carbocycles. The van der Waals surface area contributed by atoms with Gasteiger partial charge in [0.25, 0.3) is 0 Å². The lowest BCUT2D eigenvalue weighted by atomic mass is 10.2. The number of phenols is 1. The number of thioether (sulfide) groups is 1. The summed E-state index contributed by atoms with van der Waals surface area (Å²) in [6.07, 6.45) is 0. The van der Waals surface area contributed by atoms with Crippen molar-refractivity contribution in [3.05, 3.63) is 84.7 Å². The number of phenolic OH excluding ortho intramolecular Hbond substituents is 1. The first-order valence-corrected chi connectivity index (χ1v) is 12.3. The standard InChI is InChI=1S/C26H24FN5O2S/c27-23-12-5-4-11-22(23)25-28-29-26(32(25)19-7-2-1-3-8-19)35-18-24(34)31-15-13-30(14-16-31)20-9-6-10-21(33)17-20/h1-12,17,33H,13-16,18H2. The van der Waals surface area contributed by atoms with E-state index >= 15 is 0 Å². The monoisotopic (exact) mass is 489 g/mol. The van der Waals surface area contributed by atoms with E-state index in [1.807, 2.05) is 47.4 Å². The van der Waals surface area contributed by atoms with E-state index in [4.69, 9.17) is 0 Å². The average molecular weight is 490 g/mol. The van der Waals surface area contributed by atoms with E-state index in [1.54, 1.807) is 34.9 Å². The van der Waals surface area contributed by atoms with Crippen molar-refractivity contribution in [2.45, 2.75) is 5.16 Å². The summed E-state index contributed by atoms with van der Waals surface area (Å²) in [5, 5.41) is 18.8. The SMILES string of the molecule is O=C(CSc1nnc(-c2ccccc2F)n1-c1ccccc1)N1CCN(c2cccc(O)c2)CC1. The first kappa shape index (κ1) is 22.9. The Bertz CT molecular complexity index is 1320. The van der Waals surface area contributed by atoms with E-state index in [1.165, 1.54) is 17.8 Å². The Labute approximate surface area is 206 Å². The Morgan fingerprint density at radius 3 is 2.34 bits per heavy atom. The van der Waals surface area contributed by atoms with Gasteiger partial charge in [0.15, 0.2) is 11.0 Å². The van der Waals surface area contributed by atoms with E-state index in [9.17, 15) is 14.3 Å². The van der Waals surface area contributed by atoms with E-state index in [-0.39, 0.29) is 23.2 Å². The maximum atomic E-state index is 14.5. The third-order valence-corrected chi connectivity index (χ3v) is 6.83. The summed E-state index contributed by atoms with van der Waals surface area (Å²) < 4.78 is 16.3. The Kier molecular flexibility index (Phi) is 6.67. The molecule has 178 valence electrons. The molecule has 5 rings (SSSR count). The Morgan fingerprint density at radius 2 is 1.60 bits per heavy atom. The molecule has 1 aliphatic rings. The van der Waals surface area contributed by atoms with Crippen LogP contribution >= 0.6 is 11.8 Å². The molecule has 1 aromatic heterocycles. The Morgan fingerprint density at radius 1 is 0.886 bits per heavy atom. The van der Waals surface area contributed by atoms with Crippen LogP contribution in [0.1, 0.15) is 0 Å². The predicted octanol–water partition coefficient (Wildman–Crippen LogP) is 4.22. The highest BCUT2D eigenvalue weighted by Gasteiger charge is 2.24. The lowest BCUT2D eigenvalue weighted by Gasteiger charge is -2.36. The predicted molar refractivity (Wildman–Crippen MR) is 134 cm³/mol. The molecule has 35 heavy (non-hydrogen) atoms. The molecule has 2 heterocycles. The molecule has 1 aliphatic heterocycles. The van der Waals surface area contributed by atoms with Gasteiger partial charge in [-0.2, -0.15) is 0 Å². The number of hydrogen-bond acceptors (Lipinski definition) is 6. The average Bonchev–Trinajstić information content (AvgIpc) is 3.32. The number of aromatic hydroxyl groups is 1. The minimum absolute atomic E-state index is 0.0145. The fourth-order valence-corrected chi connectivity index (χ4v) is 4.97. The van der Waals surface area contributed by atoms with Crippen LogP contribution in [0.25, 0.3) is 17.1 Å². The maximum Gasteiger partial charge on any atom is 0.233 e. The van der Waals surface area contributed by atoms with Gasteiger partial charge in [0.05, 0.1) is 11.3 Å². The summed E-state index contributed by atoms with van der Waals surface area (Å²) in [6, 6.07) is 23.1. The lowest BCUT2D eigenvalue weighted by molar-refractivity contribution is -0.128. The number of rotatable bonds is 6. The van der Waals surface area contributed by atoms with Crippen molar-refractivity contribution in [3.63, 3.8) is 0 Å². The quantitative estimate of drug-likeness (QED) is 0.409. The highest BCUT2D eigenvalue weighted by Crippen LogP contribution is 2.29. The summed E-state index contributed by atoms with van der Waals surface area (Å²) in [5.41, 5.74) is 2.10. The molecule has 4 aromatic rings. The highest BCUT2D eigenvalue weighted by atomic mass is 32.2. The van der Waals surface area contributed by atoms with Crippen LogP contribution in [0.3, 0.4) is 0 Å². The second-order valence-corrected chi connectivity index (χ2v) is 9.08. The molecule has 9 heteroatoms. The van der Waals surface area contributed by atoms with Gasteiger partial charge < -0.3 is 14.9 Å². The molecular formula is C26H24FN5O2S. The fraction of sp³-hybridized carbons (Fsp3) is 0.192. The third-order valence-electron chi connectivity index (χ3n) is 5.91. The molecule has 1 saturated heterocycles. The maximum absolute atomic E-state index is 14.5. The number of piperazine rings is 1. The van der Waals surface area contributed by atoms with E-state index in [0.717, 1.165) is 11.4 Å². The zero-order chi connectivity index (χ0) is 24.2. The molecule has 0 aliphatic carbocycles. The number of amides is 1. The largest absolute Gasteiger partial charge is 0.508 e. The van der Waals surface area contributed by atoms with Gasteiger partial charge in [-0.05, 0) is 36.4 Å². The van der Waals surface area contributed by atoms with E-state index in [2.05, 4.69) is 15.1 Å². The molecule has 0 radical (unpaired) electrons. The van der Waals surface area contributed by atoms with Crippen molar-refractivity contribution in [2.75, 3.05) is 36.8 Å². The number of benzene rings is 3. The highest BCUT2D eigenvalue weighted by molar-refractivity contribution is 7.99. The number of anilines is 1. The number of nitrogens with zero attached hydrogens (tertiary/aromatic N) is 5. The number of halogens is 1. The summed E-state index contributed by atoms with van der Waals surface area (Å²) in [5.74, 6) is 0.461. The van der Waals surface area contributed by atoms with E-state index < -0.39 is 0 Å². The fourth-order valence-electron chi connectivity index (χ4n) is 4.11. The van der Waals surface area contributed by atoms with Gasteiger partial charge in [-0.3, -0.25) is 9.36 Å². The summed E-state index contributed by atoms with van der Waals surface area (Å²) in [7, 11) is 0. The van der Waals surface area contributed by atoms with Gasteiger partial charge in [0.1, 0.15) is 11.6 Å². The van der Waals surface area contributed by atoms with Gasteiger partial charge in [-0.25, -0.2) is 4.39 Å². The molecule has 0 atom stereocenters. The number of para-hydroxylation sites is 1. The lowest BCUT2D eigenvalue weighted by Crippen LogP contribution is -2.49. The van der Waals surface area contributed by atoms with Crippen LogP contribution in [0.5, 0.6) is 5.75 Å². The summed E-state index contributed by atoms with van der Waals surface area (Å²) in [6.45, 7) is 2.58. The smallest absolute Gasteiger partial charge is 0.233 e. The normalized spacial score (nSPS) is 13.7. The minimum Gasteiger partial charge on any atom is -0.508 e. The van der Waals surface area contributed by atoms with Gasteiger partial charge in [0.2, 0.25) is 5.91 Å². The van der Waals surface area contributed by atoms with Crippen molar-refractivity contribution < 1.29 is 14.3 Å². The summed E-state index contributed by atoms with van der Waals surface area (Å²) in [4.78, 5) is 17.0. The van der Waals surface area contributed by atoms with Gasteiger partial charge >= 0.3 is 0 Å². The Hall–Kier alpha value is -3.85. The van der Waals surface area contributed by atoms with Gasteiger partial charge in [-0.15, -0.1) is 10.2 Å². The zero-order valence-electron chi connectivity index (χ0n) is 18.9. The van der Waals surface area contributed by atoms with Crippen LogP contribution in [-0.4, -0.2) is 62.6 Å². The first-order valence-electron chi connectivity index (χ1n) is 11.3. The molecule has 1 N–H and O–H groups in total. The van der Waals surface area contributed by atoms with Crippen LogP contribution < -0.4 is 4.90 Å². The number of carbonyl (C=O) groups excluding carboxylic acids is 1. The molecule has 0 bridgehead atoms. The topological polar surface area (TPSA) is 74.5 Å². The summed E-state index contributed by atoms with van der Waals surface area (Å²) >= 11 is 1.29. The molecule has 0 saturated carbocycles. The van der Waals surface area contributed by atoms with Crippen LogP contribution in [0.4, 0.5) is 10.1 Å². The van der Waals surface area contributed by atoms with Crippen molar-refractivity contribution in [2.24, 2.45) is 0 Å². The number of carbonyl (C=O) groups is 1. The first-order chi connectivity index (χ1) is 17.1. The molecule has 1 amide bonds. The minimum atomic E-state index is -0.380. The van der Waals surface area contributed by atoms with Crippen molar-refractivity contribution in [1.82, 2.24) is 19.7 Å². The third kappa shape index (κ3) is 5.00. The Balaban J connectivity index is 1.29. The van der Waals surface area contributed by atoms with Crippen molar-refractivity contribution >= 4 is 23.4 Å². The van der Waals surface area contributed by atoms with E-state index in [0.29, 0.717) is 42.7 Å². The molecule has 7 nitrogen and oxygen atoms in total. The van der Waals surface area contributed by atoms with Gasteiger partial charge in [-0.1, -0.05) is 48.2 Å². The van der Waals surface area contributed by atoms with Crippen LogP contribution in [0.2, 0.25) is 0 Å².